The van der Waals surface area contributed by atoms with Crippen molar-refractivity contribution in [2.75, 3.05) is 46.9 Å². The summed E-state index contributed by atoms with van der Waals surface area (Å²) >= 11 is 0. The van der Waals surface area contributed by atoms with E-state index in [0.29, 0.717) is 5.92 Å². The van der Waals surface area contributed by atoms with Crippen molar-refractivity contribution in [3.63, 3.8) is 0 Å². The van der Waals surface area contributed by atoms with Crippen molar-refractivity contribution >= 4 is 0 Å². The lowest BCUT2D eigenvalue weighted by molar-refractivity contribution is 0.119. The normalized spacial score (nSPS) is 19.6. The molecule has 0 spiro atoms. The van der Waals surface area contributed by atoms with Crippen LogP contribution in [0.25, 0.3) is 0 Å². The van der Waals surface area contributed by atoms with E-state index < -0.39 is 0 Å². The molecule has 1 atom stereocenters. The smallest absolute Gasteiger partial charge is 0.119 e. The number of aliphatic hydroxyl groups excluding tert-OH is 1. The number of likely N-dealkylation sites (tertiary alicyclic amines) is 1. The molecule has 4 nitrogen and oxygen atoms in total. The van der Waals surface area contributed by atoms with Crippen molar-refractivity contribution in [3.8, 4) is 5.75 Å². The fourth-order valence-electron chi connectivity index (χ4n) is 3.41. The molecule has 1 aliphatic rings. The third kappa shape index (κ3) is 4.97. The second-order valence-electron chi connectivity index (χ2n) is 6.52. The molecule has 2 rings (SSSR count). The van der Waals surface area contributed by atoms with Gasteiger partial charge in [-0.2, -0.15) is 0 Å². The van der Waals surface area contributed by atoms with Gasteiger partial charge in [-0.1, -0.05) is 6.07 Å². The van der Waals surface area contributed by atoms with Crippen LogP contribution in [0.4, 0.5) is 0 Å². The Morgan fingerprint density at radius 1 is 1.41 bits per heavy atom. The van der Waals surface area contributed by atoms with E-state index in [-0.39, 0.29) is 6.61 Å². The molecule has 1 aromatic rings. The van der Waals surface area contributed by atoms with Gasteiger partial charge < -0.3 is 19.6 Å². The molecule has 1 saturated heterocycles. The summed E-state index contributed by atoms with van der Waals surface area (Å²) in [6, 6.07) is 6.32. The third-order valence-corrected chi connectivity index (χ3v) is 4.58. The van der Waals surface area contributed by atoms with Gasteiger partial charge in [-0.05, 0) is 62.5 Å². The van der Waals surface area contributed by atoms with Crippen LogP contribution in [0.15, 0.2) is 18.2 Å². The summed E-state index contributed by atoms with van der Waals surface area (Å²) in [6.45, 7) is 7.59. The molecule has 0 radical (unpaired) electrons. The van der Waals surface area contributed by atoms with Gasteiger partial charge in [0.2, 0.25) is 0 Å². The second-order valence-corrected chi connectivity index (χ2v) is 6.52. The van der Waals surface area contributed by atoms with Gasteiger partial charge in [0, 0.05) is 26.2 Å². The van der Waals surface area contributed by atoms with Crippen LogP contribution in [0.3, 0.4) is 0 Å². The summed E-state index contributed by atoms with van der Waals surface area (Å²) in [5.74, 6) is 1.64. The number of aryl methyl sites for hydroxylation is 1. The molecule has 0 saturated carbocycles. The van der Waals surface area contributed by atoms with Gasteiger partial charge >= 0.3 is 0 Å². The lowest BCUT2D eigenvalue weighted by atomic mass is 9.97. The van der Waals surface area contributed by atoms with Gasteiger partial charge in [0.15, 0.2) is 0 Å². The van der Waals surface area contributed by atoms with Crippen molar-refractivity contribution < 1.29 is 9.84 Å². The Bertz CT molecular complexity index is 462. The van der Waals surface area contributed by atoms with Gasteiger partial charge in [0.25, 0.3) is 0 Å². The summed E-state index contributed by atoms with van der Waals surface area (Å²) in [6.07, 6.45) is 2.55. The molecule has 0 bridgehead atoms. The van der Waals surface area contributed by atoms with Crippen LogP contribution in [0.5, 0.6) is 5.75 Å². The van der Waals surface area contributed by atoms with Crippen LogP contribution >= 0.6 is 0 Å². The van der Waals surface area contributed by atoms with Crippen LogP contribution in [0, 0.1) is 12.8 Å². The van der Waals surface area contributed by atoms with E-state index in [4.69, 9.17) is 9.84 Å². The highest BCUT2D eigenvalue weighted by Gasteiger charge is 2.20. The Morgan fingerprint density at radius 3 is 2.91 bits per heavy atom. The Hall–Kier alpha value is -1.10. The number of ether oxygens (including phenoxy) is 1. The van der Waals surface area contributed by atoms with Gasteiger partial charge in [-0.25, -0.2) is 0 Å². The van der Waals surface area contributed by atoms with Gasteiger partial charge in [0.1, 0.15) is 5.75 Å². The van der Waals surface area contributed by atoms with E-state index in [1.54, 1.807) is 7.11 Å². The number of β-amino-alcohol motifs (C(OH)–C–C–N with tert-alkyl or cyclic N) is 1. The molecule has 22 heavy (non-hydrogen) atoms. The highest BCUT2D eigenvalue weighted by atomic mass is 16.5. The van der Waals surface area contributed by atoms with Crippen molar-refractivity contribution in [1.82, 2.24) is 9.80 Å². The Balaban J connectivity index is 1.85. The Kier molecular flexibility index (Phi) is 6.68. The maximum atomic E-state index is 9.09. The monoisotopic (exact) mass is 306 g/mol. The van der Waals surface area contributed by atoms with Gasteiger partial charge in [-0.3, -0.25) is 0 Å². The summed E-state index contributed by atoms with van der Waals surface area (Å²) in [4.78, 5) is 4.81. The SMILES string of the molecule is COc1ccc(CN(C)C[C@@H]2CCCN(CCO)C2)c(C)c1. The van der Waals surface area contributed by atoms with Crippen LogP contribution < -0.4 is 4.74 Å². The fourth-order valence-corrected chi connectivity index (χ4v) is 3.41. The summed E-state index contributed by atoms with van der Waals surface area (Å²) < 4.78 is 5.27. The minimum atomic E-state index is 0.271. The molecule has 124 valence electrons. The summed E-state index contributed by atoms with van der Waals surface area (Å²) in [5.41, 5.74) is 2.66. The molecule has 0 amide bonds. The number of piperidine rings is 1. The third-order valence-electron chi connectivity index (χ3n) is 4.58. The predicted molar refractivity (Wildman–Crippen MR) is 90.3 cm³/mol. The molecular weight excluding hydrogens is 276 g/mol. The quantitative estimate of drug-likeness (QED) is 0.837. The largest absolute Gasteiger partial charge is 0.497 e. The Labute approximate surface area is 134 Å². The van der Waals surface area contributed by atoms with E-state index in [0.717, 1.165) is 38.5 Å². The van der Waals surface area contributed by atoms with Gasteiger partial charge in [0.05, 0.1) is 13.7 Å². The van der Waals surface area contributed by atoms with Gasteiger partial charge in [-0.15, -0.1) is 0 Å². The molecule has 0 unspecified atom stereocenters. The van der Waals surface area contributed by atoms with Crippen LogP contribution in [0.2, 0.25) is 0 Å². The second kappa shape index (κ2) is 8.51. The zero-order valence-corrected chi connectivity index (χ0v) is 14.2. The molecule has 1 fully saturated rings. The minimum absolute atomic E-state index is 0.271. The Morgan fingerprint density at radius 2 is 2.23 bits per heavy atom. The zero-order valence-electron chi connectivity index (χ0n) is 14.2. The van der Waals surface area contributed by atoms with Crippen LogP contribution in [-0.2, 0) is 6.54 Å². The highest BCUT2D eigenvalue weighted by Crippen LogP contribution is 2.20. The van der Waals surface area contributed by atoms with Crippen molar-refractivity contribution in [1.29, 1.82) is 0 Å². The summed E-state index contributed by atoms with van der Waals surface area (Å²) in [5, 5.41) is 9.09. The van der Waals surface area contributed by atoms with E-state index in [2.05, 4.69) is 35.9 Å². The van der Waals surface area contributed by atoms with Crippen LogP contribution in [-0.4, -0.2) is 61.8 Å². The first-order chi connectivity index (χ1) is 10.6. The molecule has 1 heterocycles. The molecule has 0 aliphatic carbocycles. The number of hydrogen-bond acceptors (Lipinski definition) is 4. The fraction of sp³-hybridized carbons (Fsp3) is 0.667. The molecule has 1 aliphatic heterocycles. The number of rotatable bonds is 7. The lowest BCUT2D eigenvalue weighted by Gasteiger charge is -2.34. The average Bonchev–Trinajstić information content (AvgIpc) is 2.50. The molecule has 1 N–H and O–H groups in total. The molecule has 1 aromatic carbocycles. The maximum Gasteiger partial charge on any atom is 0.119 e. The molecule has 4 heteroatoms. The topological polar surface area (TPSA) is 35.9 Å². The number of benzene rings is 1. The van der Waals surface area contributed by atoms with Crippen molar-refractivity contribution in [3.05, 3.63) is 29.3 Å². The van der Waals surface area contributed by atoms with Crippen molar-refractivity contribution in [2.45, 2.75) is 26.3 Å². The first kappa shape index (κ1) is 17.3. The average molecular weight is 306 g/mol. The first-order valence-electron chi connectivity index (χ1n) is 8.27. The minimum Gasteiger partial charge on any atom is -0.497 e. The molecular formula is C18H30N2O2. The highest BCUT2D eigenvalue weighted by molar-refractivity contribution is 5.34. The predicted octanol–water partition coefficient (Wildman–Crippen LogP) is 2.14. The lowest BCUT2D eigenvalue weighted by Crippen LogP contribution is -2.41. The van der Waals surface area contributed by atoms with E-state index in [1.807, 2.05) is 6.07 Å². The maximum absolute atomic E-state index is 9.09. The number of nitrogens with zero attached hydrogens (tertiary/aromatic N) is 2. The standard InChI is InChI=1S/C18H30N2O2/c1-15-11-18(22-3)7-6-17(15)14-19(2)12-16-5-4-8-20(13-16)9-10-21/h6-7,11,16,21H,4-5,8-10,12-14H2,1-3H3/t16-/m0/s1. The van der Waals surface area contributed by atoms with E-state index in [9.17, 15) is 0 Å². The summed E-state index contributed by atoms with van der Waals surface area (Å²) in [7, 11) is 3.91. The first-order valence-corrected chi connectivity index (χ1v) is 8.27. The van der Waals surface area contributed by atoms with Crippen molar-refractivity contribution in [2.24, 2.45) is 5.92 Å². The number of aliphatic hydroxyl groups is 1. The zero-order chi connectivity index (χ0) is 15.9. The molecule has 0 aromatic heterocycles. The van der Waals surface area contributed by atoms with Crippen LogP contribution in [0.1, 0.15) is 24.0 Å². The van der Waals surface area contributed by atoms with E-state index >= 15 is 0 Å². The number of methoxy groups -OCH3 is 1. The number of hydrogen-bond donors (Lipinski definition) is 1. The van der Waals surface area contributed by atoms with E-state index in [1.165, 1.54) is 24.0 Å².